The zero-order valence-corrected chi connectivity index (χ0v) is 8.70. The Balaban J connectivity index is 2.22. The number of rotatable bonds is 1. The molecule has 1 heterocycles. The predicted molar refractivity (Wildman–Crippen MR) is 52.2 cm³/mol. The van der Waals surface area contributed by atoms with Gasteiger partial charge >= 0.3 is 0 Å². The van der Waals surface area contributed by atoms with Crippen molar-refractivity contribution in [3.05, 3.63) is 5.82 Å². The molecule has 5 heteroatoms. The van der Waals surface area contributed by atoms with Gasteiger partial charge in [0.25, 0.3) is 0 Å². The van der Waals surface area contributed by atoms with Gasteiger partial charge in [0, 0.05) is 0 Å². The maximum Gasteiger partial charge on any atom is 0.194 e. The van der Waals surface area contributed by atoms with Crippen LogP contribution in [0, 0.1) is 11.8 Å². The number of H-pyrrole nitrogens is 1. The summed E-state index contributed by atoms with van der Waals surface area (Å²) in [6.07, 6.45) is 3.16. The smallest absolute Gasteiger partial charge is 0.194 e. The van der Waals surface area contributed by atoms with E-state index in [0.717, 1.165) is 12.8 Å². The third-order valence-corrected chi connectivity index (χ3v) is 3.02. The monoisotopic (exact) mass is 195 g/mol. The SMILES string of the molecule is CC1CC(C)CC(N)(c2nn[nH]n2)C1. The van der Waals surface area contributed by atoms with Crippen molar-refractivity contribution in [2.45, 2.75) is 38.6 Å². The normalized spacial score (nSPS) is 38.5. The van der Waals surface area contributed by atoms with Crippen molar-refractivity contribution in [2.75, 3.05) is 0 Å². The van der Waals surface area contributed by atoms with Crippen molar-refractivity contribution in [2.24, 2.45) is 17.6 Å². The summed E-state index contributed by atoms with van der Waals surface area (Å²) in [6, 6.07) is 0. The number of nitrogens with two attached hydrogens (primary N) is 1. The molecule has 2 unspecified atom stereocenters. The molecule has 0 spiro atoms. The van der Waals surface area contributed by atoms with Crippen LogP contribution in [-0.4, -0.2) is 20.6 Å². The molecule has 5 nitrogen and oxygen atoms in total. The van der Waals surface area contributed by atoms with Crippen LogP contribution in [-0.2, 0) is 5.54 Å². The molecular weight excluding hydrogens is 178 g/mol. The first kappa shape index (κ1) is 9.58. The van der Waals surface area contributed by atoms with Crippen LogP contribution in [0.2, 0.25) is 0 Å². The summed E-state index contributed by atoms with van der Waals surface area (Å²) in [7, 11) is 0. The Morgan fingerprint density at radius 2 is 2.00 bits per heavy atom. The molecule has 1 fully saturated rings. The van der Waals surface area contributed by atoms with Gasteiger partial charge in [-0.25, -0.2) is 0 Å². The molecule has 1 aliphatic carbocycles. The second-order valence-corrected chi connectivity index (χ2v) is 4.75. The Hall–Kier alpha value is -0.970. The first-order chi connectivity index (χ1) is 6.60. The van der Waals surface area contributed by atoms with Crippen LogP contribution in [0.15, 0.2) is 0 Å². The standard InChI is InChI=1S/C9H17N5/c1-6-3-7(2)5-9(10,4-6)8-11-13-14-12-8/h6-7H,3-5,10H2,1-2H3,(H,11,12,13,14). The highest BCUT2D eigenvalue weighted by atomic mass is 15.5. The van der Waals surface area contributed by atoms with E-state index in [1.54, 1.807) is 0 Å². The first-order valence-electron chi connectivity index (χ1n) is 5.13. The van der Waals surface area contributed by atoms with Gasteiger partial charge in [-0.2, -0.15) is 5.21 Å². The molecule has 1 aromatic heterocycles. The summed E-state index contributed by atoms with van der Waals surface area (Å²) in [5, 5.41) is 14.1. The van der Waals surface area contributed by atoms with Gasteiger partial charge in [-0.3, -0.25) is 0 Å². The van der Waals surface area contributed by atoms with E-state index in [1.165, 1.54) is 6.42 Å². The number of hydrogen-bond acceptors (Lipinski definition) is 4. The van der Waals surface area contributed by atoms with Crippen LogP contribution in [0.3, 0.4) is 0 Å². The molecule has 0 radical (unpaired) electrons. The highest BCUT2D eigenvalue weighted by Crippen LogP contribution is 2.38. The fraction of sp³-hybridized carbons (Fsp3) is 0.889. The Morgan fingerprint density at radius 1 is 1.36 bits per heavy atom. The van der Waals surface area contributed by atoms with Crippen molar-refractivity contribution < 1.29 is 0 Å². The molecule has 0 aromatic carbocycles. The lowest BCUT2D eigenvalue weighted by molar-refractivity contribution is 0.175. The van der Waals surface area contributed by atoms with Gasteiger partial charge in [0.15, 0.2) is 5.82 Å². The zero-order valence-electron chi connectivity index (χ0n) is 8.70. The van der Waals surface area contributed by atoms with Crippen LogP contribution in [0.1, 0.15) is 38.9 Å². The summed E-state index contributed by atoms with van der Waals surface area (Å²) >= 11 is 0. The average molecular weight is 195 g/mol. The van der Waals surface area contributed by atoms with E-state index in [-0.39, 0.29) is 5.54 Å². The van der Waals surface area contributed by atoms with Crippen molar-refractivity contribution in [3.63, 3.8) is 0 Å². The second kappa shape index (κ2) is 3.31. The van der Waals surface area contributed by atoms with Crippen molar-refractivity contribution in [1.82, 2.24) is 20.6 Å². The number of aromatic nitrogens is 4. The van der Waals surface area contributed by atoms with Gasteiger partial charge in [0.05, 0.1) is 5.54 Å². The number of nitrogens with one attached hydrogen (secondary N) is 1. The number of aromatic amines is 1. The van der Waals surface area contributed by atoms with E-state index in [4.69, 9.17) is 5.73 Å². The number of nitrogens with zero attached hydrogens (tertiary/aromatic N) is 3. The van der Waals surface area contributed by atoms with E-state index in [2.05, 4.69) is 34.5 Å². The number of hydrogen-bond donors (Lipinski definition) is 2. The second-order valence-electron chi connectivity index (χ2n) is 4.75. The maximum absolute atomic E-state index is 6.32. The van der Waals surface area contributed by atoms with Gasteiger partial charge in [0.1, 0.15) is 0 Å². The van der Waals surface area contributed by atoms with Gasteiger partial charge in [-0.15, -0.1) is 10.2 Å². The molecular formula is C9H17N5. The Labute approximate surface area is 83.5 Å². The van der Waals surface area contributed by atoms with E-state index >= 15 is 0 Å². The Kier molecular flexibility index (Phi) is 2.26. The predicted octanol–water partition coefficient (Wildman–Crippen LogP) is 0.810. The molecule has 1 saturated carbocycles. The minimum atomic E-state index is -0.371. The molecule has 3 N–H and O–H groups in total. The molecule has 2 rings (SSSR count). The molecule has 78 valence electrons. The highest BCUT2D eigenvalue weighted by Gasteiger charge is 2.39. The van der Waals surface area contributed by atoms with E-state index in [1.807, 2.05) is 0 Å². The summed E-state index contributed by atoms with van der Waals surface area (Å²) in [5.74, 6) is 1.94. The highest BCUT2D eigenvalue weighted by molar-refractivity contribution is 5.04. The van der Waals surface area contributed by atoms with Gasteiger partial charge in [-0.05, 0) is 31.1 Å². The lowest BCUT2D eigenvalue weighted by atomic mass is 9.72. The maximum atomic E-state index is 6.32. The fourth-order valence-electron chi connectivity index (χ4n) is 2.74. The lowest BCUT2D eigenvalue weighted by Gasteiger charge is -2.37. The largest absolute Gasteiger partial charge is 0.319 e. The molecule has 1 aromatic rings. The molecule has 2 atom stereocenters. The Morgan fingerprint density at radius 3 is 2.50 bits per heavy atom. The minimum absolute atomic E-state index is 0.371. The molecule has 1 aliphatic rings. The molecule has 0 bridgehead atoms. The summed E-state index contributed by atoms with van der Waals surface area (Å²) in [4.78, 5) is 0. The Bertz CT molecular complexity index is 284. The van der Waals surface area contributed by atoms with Crippen molar-refractivity contribution in [3.8, 4) is 0 Å². The molecule has 14 heavy (non-hydrogen) atoms. The average Bonchev–Trinajstić information content (AvgIpc) is 2.52. The van der Waals surface area contributed by atoms with Crippen molar-refractivity contribution >= 4 is 0 Å². The van der Waals surface area contributed by atoms with Gasteiger partial charge in [0.2, 0.25) is 0 Å². The van der Waals surface area contributed by atoms with Crippen LogP contribution in [0.4, 0.5) is 0 Å². The molecule has 0 aliphatic heterocycles. The molecule has 0 saturated heterocycles. The van der Waals surface area contributed by atoms with Gasteiger partial charge in [-0.1, -0.05) is 19.1 Å². The molecule has 0 amide bonds. The van der Waals surface area contributed by atoms with Gasteiger partial charge < -0.3 is 5.73 Å². The van der Waals surface area contributed by atoms with Crippen molar-refractivity contribution in [1.29, 1.82) is 0 Å². The van der Waals surface area contributed by atoms with E-state index in [0.29, 0.717) is 17.7 Å². The lowest BCUT2D eigenvalue weighted by Crippen LogP contribution is -2.44. The van der Waals surface area contributed by atoms with Crippen LogP contribution in [0.25, 0.3) is 0 Å². The van der Waals surface area contributed by atoms with E-state index in [9.17, 15) is 0 Å². The summed E-state index contributed by atoms with van der Waals surface area (Å²) in [5.41, 5.74) is 5.95. The minimum Gasteiger partial charge on any atom is -0.319 e. The topological polar surface area (TPSA) is 80.5 Å². The van der Waals surface area contributed by atoms with E-state index < -0.39 is 0 Å². The quantitative estimate of drug-likeness (QED) is 0.695. The first-order valence-corrected chi connectivity index (χ1v) is 5.13. The third kappa shape index (κ3) is 1.64. The third-order valence-electron chi connectivity index (χ3n) is 3.02. The fourth-order valence-corrected chi connectivity index (χ4v) is 2.74. The zero-order chi connectivity index (χ0) is 10.2. The summed E-state index contributed by atoms with van der Waals surface area (Å²) < 4.78 is 0. The summed E-state index contributed by atoms with van der Waals surface area (Å²) in [6.45, 7) is 4.47. The van der Waals surface area contributed by atoms with Crippen LogP contribution >= 0.6 is 0 Å². The number of tetrazole rings is 1. The van der Waals surface area contributed by atoms with Crippen LogP contribution < -0.4 is 5.73 Å². The van der Waals surface area contributed by atoms with Crippen LogP contribution in [0.5, 0.6) is 0 Å².